The summed E-state index contributed by atoms with van der Waals surface area (Å²) in [6.45, 7) is 0. The topological polar surface area (TPSA) is 69.6 Å². The number of aromatic nitrogens is 4. The number of halogens is 1. The smallest absolute Gasteiger partial charge is 0.159 e. The molecule has 0 bridgehead atoms. The lowest BCUT2D eigenvalue weighted by atomic mass is 10.2. The van der Waals surface area contributed by atoms with Gasteiger partial charge in [-0.15, -0.1) is 5.10 Å². The van der Waals surface area contributed by atoms with Crippen molar-refractivity contribution in [3.05, 3.63) is 29.8 Å². The van der Waals surface area contributed by atoms with Crippen molar-refractivity contribution in [2.45, 2.75) is 18.8 Å². The van der Waals surface area contributed by atoms with Crippen LogP contribution in [0.4, 0.5) is 10.1 Å². The predicted molar refractivity (Wildman–Crippen MR) is 55.5 cm³/mol. The summed E-state index contributed by atoms with van der Waals surface area (Å²) >= 11 is 0. The van der Waals surface area contributed by atoms with E-state index in [0.29, 0.717) is 11.6 Å². The molecule has 2 aromatic rings. The maximum Gasteiger partial charge on any atom is 0.159 e. The summed E-state index contributed by atoms with van der Waals surface area (Å²) < 4.78 is 14.6. The zero-order chi connectivity index (χ0) is 11.1. The number of anilines is 1. The summed E-state index contributed by atoms with van der Waals surface area (Å²) in [5, 5.41) is 11.5. The third-order valence-corrected chi connectivity index (χ3v) is 2.66. The van der Waals surface area contributed by atoms with Crippen LogP contribution in [-0.4, -0.2) is 20.2 Å². The molecule has 1 aliphatic carbocycles. The van der Waals surface area contributed by atoms with Crippen LogP contribution in [-0.2, 0) is 0 Å². The molecular weight excluding hydrogens is 209 g/mol. The van der Waals surface area contributed by atoms with E-state index >= 15 is 0 Å². The molecule has 0 amide bonds. The maximum absolute atomic E-state index is 13.0. The molecule has 6 heteroatoms. The first-order valence-electron chi connectivity index (χ1n) is 5.09. The van der Waals surface area contributed by atoms with Gasteiger partial charge in [-0.2, -0.15) is 4.68 Å². The molecule has 1 aromatic heterocycles. The molecule has 0 spiro atoms. The van der Waals surface area contributed by atoms with Gasteiger partial charge in [0.2, 0.25) is 0 Å². The molecule has 0 saturated heterocycles. The fourth-order valence-corrected chi connectivity index (χ4v) is 1.64. The Kier molecular flexibility index (Phi) is 1.89. The SMILES string of the molecule is Nc1cc(-n2nnnc2C2CC2)ccc1F. The van der Waals surface area contributed by atoms with Crippen molar-refractivity contribution < 1.29 is 4.39 Å². The molecule has 0 unspecified atom stereocenters. The third kappa shape index (κ3) is 1.42. The quantitative estimate of drug-likeness (QED) is 0.772. The lowest BCUT2D eigenvalue weighted by molar-refractivity contribution is 0.631. The van der Waals surface area contributed by atoms with Crippen molar-refractivity contribution in [1.82, 2.24) is 20.2 Å². The van der Waals surface area contributed by atoms with Crippen LogP contribution in [0.2, 0.25) is 0 Å². The molecule has 1 heterocycles. The van der Waals surface area contributed by atoms with E-state index in [-0.39, 0.29) is 5.69 Å². The number of rotatable bonds is 2. The monoisotopic (exact) mass is 219 g/mol. The van der Waals surface area contributed by atoms with Gasteiger partial charge >= 0.3 is 0 Å². The van der Waals surface area contributed by atoms with Gasteiger partial charge in [0.1, 0.15) is 5.82 Å². The van der Waals surface area contributed by atoms with Gasteiger partial charge in [-0.3, -0.25) is 0 Å². The minimum atomic E-state index is -0.426. The van der Waals surface area contributed by atoms with Crippen LogP contribution in [0, 0.1) is 5.82 Å². The van der Waals surface area contributed by atoms with E-state index < -0.39 is 5.82 Å². The zero-order valence-corrected chi connectivity index (χ0v) is 8.47. The van der Waals surface area contributed by atoms with Crippen LogP contribution in [0.15, 0.2) is 18.2 Å². The van der Waals surface area contributed by atoms with Crippen LogP contribution >= 0.6 is 0 Å². The van der Waals surface area contributed by atoms with E-state index in [1.165, 1.54) is 12.1 Å². The summed E-state index contributed by atoms with van der Waals surface area (Å²) in [7, 11) is 0. The Morgan fingerprint density at radius 2 is 2.19 bits per heavy atom. The minimum absolute atomic E-state index is 0.106. The van der Waals surface area contributed by atoms with Crippen molar-refractivity contribution in [2.75, 3.05) is 5.73 Å². The maximum atomic E-state index is 13.0. The van der Waals surface area contributed by atoms with Crippen molar-refractivity contribution in [3.8, 4) is 5.69 Å². The van der Waals surface area contributed by atoms with Gasteiger partial charge in [0.05, 0.1) is 11.4 Å². The van der Waals surface area contributed by atoms with E-state index in [9.17, 15) is 4.39 Å². The Morgan fingerprint density at radius 3 is 2.88 bits per heavy atom. The Balaban J connectivity index is 2.07. The molecular formula is C10H10FN5. The highest BCUT2D eigenvalue weighted by molar-refractivity contribution is 5.48. The number of nitrogens with two attached hydrogens (primary N) is 1. The van der Waals surface area contributed by atoms with Crippen LogP contribution in [0.5, 0.6) is 0 Å². The van der Waals surface area contributed by atoms with Crippen LogP contribution in [0.1, 0.15) is 24.6 Å². The highest BCUT2D eigenvalue weighted by Gasteiger charge is 2.29. The van der Waals surface area contributed by atoms with E-state index in [2.05, 4.69) is 15.5 Å². The van der Waals surface area contributed by atoms with Gasteiger partial charge in [0.25, 0.3) is 0 Å². The van der Waals surface area contributed by atoms with Crippen molar-refractivity contribution in [1.29, 1.82) is 0 Å². The number of nitrogens with zero attached hydrogens (tertiary/aromatic N) is 4. The standard InChI is InChI=1S/C10H10FN5/c11-8-4-3-7(5-9(8)12)16-10(6-1-2-6)13-14-15-16/h3-6H,1-2,12H2. The molecule has 5 nitrogen and oxygen atoms in total. The molecule has 0 aliphatic heterocycles. The van der Waals surface area contributed by atoms with Crippen LogP contribution in [0.25, 0.3) is 5.69 Å². The van der Waals surface area contributed by atoms with Crippen molar-refractivity contribution >= 4 is 5.69 Å². The number of nitrogen functional groups attached to an aromatic ring is 1. The normalized spacial score (nSPS) is 15.3. The van der Waals surface area contributed by atoms with E-state index in [1.807, 2.05) is 0 Å². The van der Waals surface area contributed by atoms with Crippen LogP contribution in [0.3, 0.4) is 0 Å². The first kappa shape index (κ1) is 9.26. The number of hydrogen-bond donors (Lipinski definition) is 1. The lowest BCUT2D eigenvalue weighted by Gasteiger charge is -2.04. The molecule has 1 fully saturated rings. The fourth-order valence-electron chi connectivity index (χ4n) is 1.64. The molecule has 1 saturated carbocycles. The molecule has 1 aromatic carbocycles. The zero-order valence-electron chi connectivity index (χ0n) is 8.47. The van der Waals surface area contributed by atoms with Gasteiger partial charge < -0.3 is 5.73 Å². The number of hydrogen-bond acceptors (Lipinski definition) is 4. The largest absolute Gasteiger partial charge is 0.396 e. The molecule has 82 valence electrons. The second kappa shape index (κ2) is 3.26. The van der Waals surface area contributed by atoms with Gasteiger partial charge in [0.15, 0.2) is 5.82 Å². The average Bonchev–Trinajstić information content (AvgIpc) is 3.01. The Morgan fingerprint density at radius 1 is 1.38 bits per heavy atom. The van der Waals surface area contributed by atoms with Crippen molar-refractivity contribution in [2.24, 2.45) is 0 Å². The van der Waals surface area contributed by atoms with E-state index in [0.717, 1.165) is 18.7 Å². The third-order valence-electron chi connectivity index (χ3n) is 2.66. The molecule has 16 heavy (non-hydrogen) atoms. The summed E-state index contributed by atoms with van der Waals surface area (Å²) in [6, 6.07) is 4.48. The average molecular weight is 219 g/mol. The summed E-state index contributed by atoms with van der Waals surface area (Å²) in [6.07, 6.45) is 2.22. The second-order valence-corrected chi connectivity index (χ2v) is 3.93. The van der Waals surface area contributed by atoms with Gasteiger partial charge in [-0.1, -0.05) is 0 Å². The van der Waals surface area contributed by atoms with E-state index in [1.54, 1.807) is 10.7 Å². The van der Waals surface area contributed by atoms with Gasteiger partial charge in [0, 0.05) is 5.92 Å². The highest BCUT2D eigenvalue weighted by Crippen LogP contribution is 2.39. The predicted octanol–water partition coefficient (Wildman–Crippen LogP) is 1.26. The molecule has 0 radical (unpaired) electrons. The number of benzene rings is 1. The number of tetrazole rings is 1. The molecule has 2 N–H and O–H groups in total. The van der Waals surface area contributed by atoms with Crippen molar-refractivity contribution in [3.63, 3.8) is 0 Å². The van der Waals surface area contributed by atoms with Gasteiger partial charge in [-0.05, 0) is 41.5 Å². The summed E-state index contributed by atoms with van der Waals surface area (Å²) in [4.78, 5) is 0. The summed E-state index contributed by atoms with van der Waals surface area (Å²) in [5.41, 5.74) is 6.32. The van der Waals surface area contributed by atoms with Crippen LogP contribution < -0.4 is 5.73 Å². The first-order valence-corrected chi connectivity index (χ1v) is 5.09. The Bertz CT molecular complexity index is 532. The molecule has 3 rings (SSSR count). The molecule has 1 aliphatic rings. The minimum Gasteiger partial charge on any atom is -0.396 e. The Labute approximate surface area is 91.1 Å². The molecule has 0 atom stereocenters. The Hall–Kier alpha value is -1.98. The lowest BCUT2D eigenvalue weighted by Crippen LogP contribution is -2.03. The fraction of sp³-hybridized carbons (Fsp3) is 0.300. The second-order valence-electron chi connectivity index (χ2n) is 3.93. The summed E-state index contributed by atoms with van der Waals surface area (Å²) in [5.74, 6) is 0.831. The van der Waals surface area contributed by atoms with E-state index in [4.69, 9.17) is 5.73 Å². The highest BCUT2D eigenvalue weighted by atomic mass is 19.1. The van der Waals surface area contributed by atoms with Gasteiger partial charge in [-0.25, -0.2) is 4.39 Å². The first-order chi connectivity index (χ1) is 7.75.